The van der Waals surface area contributed by atoms with Crippen LogP contribution in [-0.2, 0) is 25.3 Å². The van der Waals surface area contributed by atoms with Gasteiger partial charge >= 0.3 is 24.2 Å². The van der Waals surface area contributed by atoms with Crippen molar-refractivity contribution in [3.8, 4) is 11.3 Å². The van der Waals surface area contributed by atoms with Gasteiger partial charge in [-0.1, -0.05) is 24.3 Å². The van der Waals surface area contributed by atoms with Crippen LogP contribution in [0.1, 0.15) is 18.4 Å². The van der Waals surface area contributed by atoms with Crippen molar-refractivity contribution in [1.82, 2.24) is 10.5 Å². The molecule has 2 heterocycles. The van der Waals surface area contributed by atoms with Crippen molar-refractivity contribution in [2.45, 2.75) is 25.1 Å². The number of aliphatic carboxylic acids is 1. The second-order valence-corrected chi connectivity index (χ2v) is 8.16. The molecule has 3 N–H and O–H groups in total. The largest absolute Gasteiger partial charge is 0.481 e. The van der Waals surface area contributed by atoms with Gasteiger partial charge in [0.25, 0.3) is 5.56 Å². The number of halogens is 3. The molecule has 2 aromatic carbocycles. The molecule has 1 saturated heterocycles. The molecule has 1 aliphatic rings. The Labute approximate surface area is 206 Å². The Morgan fingerprint density at radius 3 is 2.62 bits per heavy atom. The van der Waals surface area contributed by atoms with Crippen LogP contribution in [0.2, 0.25) is 0 Å². The highest BCUT2D eigenvalue weighted by Gasteiger charge is 2.34. The molecule has 1 aliphatic heterocycles. The molecule has 13 heteroatoms. The number of nitrogens with zero attached hydrogens (tertiary/aromatic N) is 1. The highest BCUT2D eigenvalue weighted by atomic mass is 19.4. The number of carboxylic acid groups (broad SMARTS) is 1. The van der Waals surface area contributed by atoms with Crippen LogP contribution in [0.3, 0.4) is 0 Å². The molecule has 194 valence electrons. The summed E-state index contributed by atoms with van der Waals surface area (Å²) in [6.07, 6.45) is -6.74. The third-order valence-corrected chi connectivity index (χ3v) is 5.58. The van der Waals surface area contributed by atoms with Crippen LogP contribution >= 0.6 is 0 Å². The molecule has 1 atom stereocenters. The minimum absolute atomic E-state index is 0.00259. The number of rotatable bonds is 8. The number of anilines is 1. The third-order valence-electron chi connectivity index (χ3n) is 5.58. The second-order valence-electron chi connectivity index (χ2n) is 8.16. The zero-order valence-corrected chi connectivity index (χ0v) is 19.0. The second kappa shape index (κ2) is 10.3. The van der Waals surface area contributed by atoms with E-state index in [0.29, 0.717) is 11.1 Å². The van der Waals surface area contributed by atoms with Gasteiger partial charge in [-0.15, -0.1) is 5.48 Å². The van der Waals surface area contributed by atoms with E-state index < -0.39 is 41.4 Å². The number of carboxylic acids is 1. The fourth-order valence-corrected chi connectivity index (χ4v) is 3.84. The van der Waals surface area contributed by atoms with Crippen LogP contribution in [0.4, 0.5) is 23.7 Å². The first kappa shape index (κ1) is 25.7. The fourth-order valence-electron chi connectivity index (χ4n) is 3.84. The Hall–Kier alpha value is -4.39. The molecule has 1 aromatic heterocycles. The Balaban J connectivity index is 1.49. The fraction of sp³-hybridized carbons (Fsp3) is 0.250. The Morgan fingerprint density at radius 2 is 1.89 bits per heavy atom. The Morgan fingerprint density at radius 1 is 1.14 bits per heavy atom. The maximum atomic E-state index is 13.4. The molecule has 1 unspecified atom stereocenters. The van der Waals surface area contributed by atoms with Crippen molar-refractivity contribution < 1.29 is 42.2 Å². The molecule has 0 radical (unpaired) electrons. The molecule has 4 rings (SSSR count). The summed E-state index contributed by atoms with van der Waals surface area (Å²) < 4.78 is 45.5. The first-order valence-electron chi connectivity index (χ1n) is 11.0. The van der Waals surface area contributed by atoms with E-state index >= 15 is 0 Å². The van der Waals surface area contributed by atoms with Crippen molar-refractivity contribution in [2.24, 2.45) is 0 Å². The van der Waals surface area contributed by atoms with Crippen LogP contribution in [-0.4, -0.2) is 47.3 Å². The first-order chi connectivity index (χ1) is 17.5. The standard InChI is InChI=1S/C24H20F3N3O7/c25-24(26,27)18-4-2-1-3-16(18)19-9-13-5-6-14(10-17(13)22(34)29-19)30-12-15(36-23(30)35)11-28-37-21(33)8-7-20(31)32/h1-6,9-10,15,28H,7-8,11-12H2,(H,29,34)(H,31,32). The number of carbonyl (C=O) groups excluding carboxylic acids is 2. The zero-order valence-electron chi connectivity index (χ0n) is 19.0. The average molecular weight is 519 g/mol. The lowest BCUT2D eigenvalue weighted by atomic mass is 10.0. The molecule has 1 amide bonds. The highest BCUT2D eigenvalue weighted by Crippen LogP contribution is 2.36. The molecule has 37 heavy (non-hydrogen) atoms. The smallest absolute Gasteiger partial charge is 0.417 e. The molecule has 0 aliphatic carbocycles. The number of aromatic amines is 1. The number of cyclic esters (lactones) is 1. The van der Waals surface area contributed by atoms with Crippen molar-refractivity contribution in [1.29, 1.82) is 0 Å². The minimum atomic E-state index is -4.61. The van der Waals surface area contributed by atoms with E-state index in [-0.39, 0.29) is 42.6 Å². The van der Waals surface area contributed by atoms with E-state index in [9.17, 15) is 32.3 Å². The van der Waals surface area contributed by atoms with Gasteiger partial charge in [0.2, 0.25) is 0 Å². The van der Waals surface area contributed by atoms with E-state index in [1.54, 1.807) is 0 Å². The summed E-state index contributed by atoms with van der Waals surface area (Å²) in [5.41, 5.74) is 0.985. The number of carbonyl (C=O) groups is 3. The van der Waals surface area contributed by atoms with Crippen LogP contribution in [0.25, 0.3) is 22.0 Å². The lowest BCUT2D eigenvalue weighted by Gasteiger charge is -2.15. The van der Waals surface area contributed by atoms with Crippen molar-refractivity contribution in [3.63, 3.8) is 0 Å². The van der Waals surface area contributed by atoms with Gasteiger partial charge in [0.15, 0.2) is 0 Å². The third kappa shape index (κ3) is 5.89. The van der Waals surface area contributed by atoms with Gasteiger partial charge in [-0.2, -0.15) is 13.2 Å². The normalized spacial score (nSPS) is 15.6. The van der Waals surface area contributed by atoms with E-state index in [4.69, 9.17) is 14.7 Å². The summed E-state index contributed by atoms with van der Waals surface area (Å²) >= 11 is 0. The van der Waals surface area contributed by atoms with Crippen molar-refractivity contribution in [3.05, 3.63) is 64.4 Å². The van der Waals surface area contributed by atoms with Gasteiger partial charge in [-0.25, -0.2) is 4.79 Å². The van der Waals surface area contributed by atoms with Gasteiger partial charge < -0.3 is 19.7 Å². The number of hydroxylamine groups is 1. The maximum absolute atomic E-state index is 13.4. The number of benzene rings is 2. The van der Waals surface area contributed by atoms with E-state index in [2.05, 4.69) is 10.5 Å². The minimum Gasteiger partial charge on any atom is -0.481 e. The number of nitrogens with one attached hydrogen (secondary N) is 2. The maximum Gasteiger partial charge on any atom is 0.417 e. The summed E-state index contributed by atoms with van der Waals surface area (Å²) in [6.45, 7) is -0.00382. The van der Waals surface area contributed by atoms with Gasteiger partial charge in [0.1, 0.15) is 6.10 Å². The molecule has 3 aromatic rings. The molecule has 0 saturated carbocycles. The Bertz CT molecular complexity index is 1420. The van der Waals surface area contributed by atoms with Crippen LogP contribution in [0.5, 0.6) is 0 Å². The number of hydrogen-bond acceptors (Lipinski definition) is 7. The van der Waals surface area contributed by atoms with Crippen LogP contribution < -0.4 is 15.9 Å². The topological polar surface area (TPSA) is 138 Å². The summed E-state index contributed by atoms with van der Waals surface area (Å²) in [6, 6.07) is 10.8. The van der Waals surface area contributed by atoms with Crippen molar-refractivity contribution in [2.75, 3.05) is 18.0 Å². The summed E-state index contributed by atoms with van der Waals surface area (Å²) in [7, 11) is 0. The molecular weight excluding hydrogens is 499 g/mol. The molecule has 0 bridgehead atoms. The van der Waals surface area contributed by atoms with E-state index in [0.717, 1.165) is 6.07 Å². The predicted molar refractivity (Wildman–Crippen MR) is 124 cm³/mol. The van der Waals surface area contributed by atoms with Gasteiger partial charge in [0, 0.05) is 22.3 Å². The number of ether oxygens (including phenoxy) is 1. The zero-order chi connectivity index (χ0) is 26.7. The van der Waals surface area contributed by atoms with Gasteiger partial charge in [0.05, 0.1) is 31.5 Å². The quantitative estimate of drug-likeness (QED) is 0.385. The van der Waals surface area contributed by atoms with E-state index in [1.807, 2.05) is 0 Å². The average Bonchev–Trinajstić information content (AvgIpc) is 3.22. The summed E-state index contributed by atoms with van der Waals surface area (Å²) in [4.78, 5) is 55.5. The number of hydrogen-bond donors (Lipinski definition) is 3. The van der Waals surface area contributed by atoms with Crippen LogP contribution in [0.15, 0.2) is 53.3 Å². The SMILES string of the molecule is O=C(O)CCC(=O)ONCC1CN(c2ccc3cc(-c4ccccc4C(F)(F)F)[nH]c(=O)c3c2)C(=O)O1. The van der Waals surface area contributed by atoms with Crippen LogP contribution in [0, 0.1) is 0 Å². The monoisotopic (exact) mass is 519 g/mol. The van der Waals surface area contributed by atoms with E-state index in [1.165, 1.54) is 47.4 Å². The molecule has 10 nitrogen and oxygen atoms in total. The first-order valence-corrected chi connectivity index (χ1v) is 11.0. The number of aromatic nitrogens is 1. The number of H-pyrrole nitrogens is 1. The number of fused-ring (bicyclic) bond motifs is 1. The Kier molecular flexibility index (Phi) is 7.16. The molecule has 0 spiro atoms. The molecule has 1 fully saturated rings. The predicted octanol–water partition coefficient (Wildman–Crippen LogP) is 3.45. The number of pyridine rings is 1. The number of alkyl halides is 3. The highest BCUT2D eigenvalue weighted by molar-refractivity contribution is 5.94. The summed E-state index contributed by atoms with van der Waals surface area (Å²) in [5, 5.41) is 9.10. The van der Waals surface area contributed by atoms with Gasteiger partial charge in [-0.05, 0) is 29.7 Å². The van der Waals surface area contributed by atoms with Crippen molar-refractivity contribution >= 4 is 34.5 Å². The number of amides is 1. The lowest BCUT2D eigenvalue weighted by molar-refractivity contribution is -0.154. The molecular formula is C24H20F3N3O7. The van der Waals surface area contributed by atoms with Gasteiger partial charge in [-0.3, -0.25) is 19.3 Å². The summed E-state index contributed by atoms with van der Waals surface area (Å²) in [5.74, 6) is -1.93. The lowest BCUT2D eigenvalue weighted by Crippen LogP contribution is -2.32.